The third-order valence-corrected chi connectivity index (χ3v) is 6.52. The smallest absolute Gasteiger partial charge is 0.253 e. The largest absolute Gasteiger partial charge is 0.368 e. The van der Waals surface area contributed by atoms with Crippen LogP contribution in [0.2, 0.25) is 0 Å². The minimum absolute atomic E-state index is 0.0233. The van der Waals surface area contributed by atoms with E-state index in [4.69, 9.17) is 0 Å². The number of hydrogen-bond donors (Lipinski definition) is 1. The monoisotopic (exact) mass is 463 g/mol. The Morgan fingerprint density at radius 1 is 0.848 bits per heavy atom. The predicted octanol–water partition coefficient (Wildman–Crippen LogP) is 4.66. The molecule has 5 nitrogen and oxygen atoms in total. The van der Waals surface area contributed by atoms with Crippen molar-refractivity contribution < 1.29 is 14.0 Å². The average Bonchev–Trinajstić information content (AvgIpc) is 2.85. The number of piperazine rings is 1. The first kappa shape index (κ1) is 22.9. The fraction of sp³-hybridized carbons (Fsp3) is 0.231. The quantitative estimate of drug-likeness (QED) is 0.554. The number of thioether (sulfide) groups is 1. The number of nitrogens with zero attached hydrogens (tertiary/aromatic N) is 2. The van der Waals surface area contributed by atoms with Crippen LogP contribution in [0, 0.1) is 5.82 Å². The van der Waals surface area contributed by atoms with Gasteiger partial charge in [0.05, 0.1) is 5.75 Å². The summed E-state index contributed by atoms with van der Waals surface area (Å²) in [5.41, 5.74) is 3.51. The lowest BCUT2D eigenvalue weighted by atomic mass is 10.1. The highest BCUT2D eigenvalue weighted by molar-refractivity contribution is 7.99. The zero-order chi connectivity index (χ0) is 23.0. The van der Waals surface area contributed by atoms with Gasteiger partial charge in [0.1, 0.15) is 5.82 Å². The van der Waals surface area contributed by atoms with E-state index in [1.54, 1.807) is 12.1 Å². The highest BCUT2D eigenvalue weighted by Gasteiger charge is 2.22. The van der Waals surface area contributed by atoms with E-state index in [0.29, 0.717) is 30.2 Å². The molecule has 1 fully saturated rings. The van der Waals surface area contributed by atoms with Crippen LogP contribution in [0.4, 0.5) is 15.8 Å². The first-order valence-corrected chi connectivity index (χ1v) is 12.1. The number of carbonyl (C=O) groups excluding carboxylic acids is 2. The van der Waals surface area contributed by atoms with Crippen LogP contribution in [-0.4, -0.2) is 48.6 Å². The summed E-state index contributed by atoms with van der Waals surface area (Å²) in [6.07, 6.45) is 0. The van der Waals surface area contributed by atoms with Crippen molar-refractivity contribution in [2.75, 3.05) is 42.1 Å². The van der Waals surface area contributed by atoms with E-state index in [0.717, 1.165) is 30.0 Å². The van der Waals surface area contributed by atoms with Crippen LogP contribution in [0.25, 0.3) is 0 Å². The van der Waals surface area contributed by atoms with Gasteiger partial charge in [-0.05, 0) is 54.1 Å². The van der Waals surface area contributed by atoms with Gasteiger partial charge < -0.3 is 15.1 Å². The molecule has 7 heteroatoms. The molecule has 0 spiro atoms. The maximum absolute atomic E-state index is 13.1. The Hall–Kier alpha value is -3.32. The number of rotatable bonds is 7. The third kappa shape index (κ3) is 6.35. The van der Waals surface area contributed by atoms with Crippen LogP contribution < -0.4 is 10.2 Å². The lowest BCUT2D eigenvalue weighted by Crippen LogP contribution is -2.48. The number of anilines is 2. The van der Waals surface area contributed by atoms with Crippen molar-refractivity contribution in [1.82, 2.24) is 4.90 Å². The van der Waals surface area contributed by atoms with Crippen molar-refractivity contribution in [2.45, 2.75) is 5.75 Å². The Balaban J connectivity index is 1.22. The van der Waals surface area contributed by atoms with Crippen LogP contribution >= 0.6 is 11.8 Å². The van der Waals surface area contributed by atoms with Gasteiger partial charge in [-0.3, -0.25) is 9.59 Å². The van der Waals surface area contributed by atoms with Crippen LogP contribution in [0.3, 0.4) is 0 Å². The van der Waals surface area contributed by atoms with Crippen LogP contribution in [0.15, 0.2) is 78.9 Å². The number of amides is 2. The molecular formula is C26H26FN3O2S. The van der Waals surface area contributed by atoms with Crippen molar-refractivity contribution in [3.8, 4) is 0 Å². The minimum Gasteiger partial charge on any atom is -0.368 e. The third-order valence-electron chi connectivity index (χ3n) is 5.52. The van der Waals surface area contributed by atoms with E-state index >= 15 is 0 Å². The second-order valence-electron chi connectivity index (χ2n) is 7.86. The summed E-state index contributed by atoms with van der Waals surface area (Å²) in [6.45, 7) is 2.70. The maximum Gasteiger partial charge on any atom is 0.253 e. The van der Waals surface area contributed by atoms with Gasteiger partial charge in [-0.25, -0.2) is 4.39 Å². The van der Waals surface area contributed by atoms with E-state index in [2.05, 4.69) is 10.2 Å². The van der Waals surface area contributed by atoms with E-state index < -0.39 is 0 Å². The number of nitrogens with one attached hydrogen (secondary N) is 1. The lowest BCUT2D eigenvalue weighted by molar-refractivity contribution is -0.113. The van der Waals surface area contributed by atoms with Crippen LogP contribution in [0.5, 0.6) is 0 Å². The summed E-state index contributed by atoms with van der Waals surface area (Å²) in [4.78, 5) is 28.9. The van der Waals surface area contributed by atoms with Crippen molar-refractivity contribution in [2.24, 2.45) is 0 Å². The Morgan fingerprint density at radius 3 is 2.18 bits per heavy atom. The van der Waals surface area contributed by atoms with Gasteiger partial charge in [-0.15, -0.1) is 11.8 Å². The molecule has 0 aromatic heterocycles. The molecule has 2 amide bonds. The number of halogens is 1. The zero-order valence-corrected chi connectivity index (χ0v) is 19.1. The first-order valence-electron chi connectivity index (χ1n) is 10.9. The fourth-order valence-electron chi connectivity index (χ4n) is 3.73. The second kappa shape index (κ2) is 11.0. The Labute approximate surface area is 197 Å². The van der Waals surface area contributed by atoms with Gasteiger partial charge in [0.15, 0.2) is 0 Å². The summed E-state index contributed by atoms with van der Waals surface area (Å²) in [5, 5.41) is 2.87. The van der Waals surface area contributed by atoms with Crippen molar-refractivity contribution in [1.29, 1.82) is 0 Å². The molecule has 1 saturated heterocycles. The molecule has 3 aromatic rings. The molecule has 0 saturated carbocycles. The highest BCUT2D eigenvalue weighted by atomic mass is 32.2. The summed E-state index contributed by atoms with van der Waals surface area (Å²) in [6, 6.07) is 23.5. The molecule has 0 radical (unpaired) electrons. The topological polar surface area (TPSA) is 52.7 Å². The van der Waals surface area contributed by atoms with Gasteiger partial charge in [0.2, 0.25) is 5.91 Å². The molecule has 0 unspecified atom stereocenters. The molecule has 3 aromatic carbocycles. The number of hydrogen-bond acceptors (Lipinski definition) is 4. The number of para-hydroxylation sites is 1. The lowest BCUT2D eigenvalue weighted by Gasteiger charge is -2.36. The van der Waals surface area contributed by atoms with Gasteiger partial charge in [-0.1, -0.05) is 30.3 Å². The van der Waals surface area contributed by atoms with Crippen molar-refractivity contribution in [3.05, 3.63) is 95.8 Å². The van der Waals surface area contributed by atoms with Crippen LogP contribution in [-0.2, 0) is 10.5 Å². The van der Waals surface area contributed by atoms with Crippen molar-refractivity contribution >= 4 is 35.0 Å². The molecule has 4 rings (SSSR count). The molecule has 0 bridgehead atoms. The Morgan fingerprint density at radius 2 is 1.52 bits per heavy atom. The Bertz CT molecular complexity index is 1070. The normalized spacial score (nSPS) is 13.6. The van der Waals surface area contributed by atoms with E-state index in [1.807, 2.05) is 59.5 Å². The maximum atomic E-state index is 13.1. The number of benzene rings is 3. The molecule has 33 heavy (non-hydrogen) atoms. The molecular weight excluding hydrogens is 437 g/mol. The van der Waals surface area contributed by atoms with E-state index in [-0.39, 0.29) is 17.6 Å². The fourth-order valence-corrected chi connectivity index (χ4v) is 4.51. The second-order valence-corrected chi connectivity index (χ2v) is 8.85. The minimum atomic E-state index is -0.245. The van der Waals surface area contributed by atoms with Gasteiger partial charge >= 0.3 is 0 Å². The molecule has 1 N–H and O–H groups in total. The molecule has 1 heterocycles. The summed E-state index contributed by atoms with van der Waals surface area (Å²) in [5.74, 6) is 0.818. The van der Waals surface area contributed by atoms with E-state index in [1.165, 1.54) is 23.9 Å². The van der Waals surface area contributed by atoms with Gasteiger partial charge in [0.25, 0.3) is 5.91 Å². The van der Waals surface area contributed by atoms with Crippen molar-refractivity contribution in [3.63, 3.8) is 0 Å². The molecule has 170 valence electrons. The SMILES string of the molecule is O=C(CSCc1ccc(C(=O)N2CCN(c3ccc(F)cc3)CC2)cc1)Nc1ccccc1. The molecule has 0 aliphatic carbocycles. The number of carbonyl (C=O) groups is 2. The van der Waals surface area contributed by atoms with Crippen LogP contribution in [0.1, 0.15) is 15.9 Å². The molecule has 1 aliphatic heterocycles. The zero-order valence-electron chi connectivity index (χ0n) is 18.2. The molecule has 0 atom stereocenters. The first-order chi connectivity index (χ1) is 16.1. The summed E-state index contributed by atoms with van der Waals surface area (Å²) in [7, 11) is 0. The average molecular weight is 464 g/mol. The van der Waals surface area contributed by atoms with E-state index in [9.17, 15) is 14.0 Å². The predicted molar refractivity (Wildman–Crippen MR) is 132 cm³/mol. The highest BCUT2D eigenvalue weighted by Crippen LogP contribution is 2.19. The standard InChI is InChI=1S/C26H26FN3O2S/c27-22-10-12-24(13-11-22)29-14-16-30(17-15-29)26(32)21-8-6-20(7-9-21)18-33-19-25(31)28-23-4-2-1-3-5-23/h1-13H,14-19H2,(H,28,31). The summed E-state index contributed by atoms with van der Waals surface area (Å²) < 4.78 is 13.1. The summed E-state index contributed by atoms with van der Waals surface area (Å²) >= 11 is 1.54. The Kier molecular flexibility index (Phi) is 7.62. The van der Waals surface area contributed by atoms with Gasteiger partial charge in [0, 0.05) is 48.9 Å². The van der Waals surface area contributed by atoms with Gasteiger partial charge in [-0.2, -0.15) is 0 Å². The molecule has 1 aliphatic rings.